The molecule has 2 atom stereocenters. The number of carbonyl (C=O) groups excluding carboxylic acids is 1. The van der Waals surface area contributed by atoms with Gasteiger partial charge in [0.2, 0.25) is 5.91 Å². The van der Waals surface area contributed by atoms with E-state index in [4.69, 9.17) is 12.2 Å². The predicted octanol–water partition coefficient (Wildman–Crippen LogP) is 2.13. The zero-order chi connectivity index (χ0) is 14.8. The SMILES string of the molecule is CC(C)=CC1C(C(=O)NNC(=S)NC(C)C)C1(C)C. The lowest BCUT2D eigenvalue weighted by Crippen LogP contribution is -2.49. The fourth-order valence-electron chi connectivity index (χ4n) is 2.34. The van der Waals surface area contributed by atoms with E-state index < -0.39 is 0 Å². The van der Waals surface area contributed by atoms with Gasteiger partial charge >= 0.3 is 0 Å². The lowest BCUT2D eigenvalue weighted by molar-refractivity contribution is -0.123. The van der Waals surface area contributed by atoms with E-state index >= 15 is 0 Å². The number of thiocarbonyl (C=S) groups is 1. The van der Waals surface area contributed by atoms with Crippen molar-refractivity contribution in [2.45, 2.75) is 47.6 Å². The van der Waals surface area contributed by atoms with Crippen molar-refractivity contribution in [3.8, 4) is 0 Å². The van der Waals surface area contributed by atoms with Crippen molar-refractivity contribution in [3.63, 3.8) is 0 Å². The highest BCUT2D eigenvalue weighted by Crippen LogP contribution is 2.59. The summed E-state index contributed by atoms with van der Waals surface area (Å²) in [5.41, 5.74) is 6.71. The third-order valence-electron chi connectivity index (χ3n) is 3.43. The van der Waals surface area contributed by atoms with E-state index in [-0.39, 0.29) is 23.3 Å². The van der Waals surface area contributed by atoms with Crippen molar-refractivity contribution in [3.05, 3.63) is 11.6 Å². The summed E-state index contributed by atoms with van der Waals surface area (Å²) in [7, 11) is 0. The lowest BCUT2D eigenvalue weighted by atomic mass is 10.1. The molecule has 1 saturated carbocycles. The smallest absolute Gasteiger partial charge is 0.242 e. The zero-order valence-corrected chi connectivity index (χ0v) is 13.4. The number of nitrogens with one attached hydrogen (secondary N) is 3. The Balaban J connectivity index is 2.48. The summed E-state index contributed by atoms with van der Waals surface area (Å²) >= 11 is 5.06. The minimum absolute atomic E-state index is 0.000376. The molecule has 1 aliphatic rings. The summed E-state index contributed by atoms with van der Waals surface area (Å²) in [5, 5.41) is 3.46. The molecule has 108 valence electrons. The Morgan fingerprint density at radius 2 is 1.84 bits per heavy atom. The number of allylic oxidation sites excluding steroid dienone is 2. The standard InChI is InChI=1S/C14H25N3OS/c1-8(2)7-10-11(14(10,5)6)12(18)16-17-13(19)15-9(3)4/h7,9-11H,1-6H3,(H,16,18)(H2,15,17,19). The molecule has 0 aromatic carbocycles. The second-order valence-electron chi connectivity index (χ2n) is 6.31. The summed E-state index contributed by atoms with van der Waals surface area (Å²) in [6.45, 7) is 12.3. The molecule has 1 aliphatic carbocycles. The molecule has 1 amide bonds. The molecule has 0 saturated heterocycles. The maximum atomic E-state index is 12.1. The molecule has 1 fully saturated rings. The van der Waals surface area contributed by atoms with E-state index in [2.05, 4.69) is 49.9 Å². The number of amides is 1. The van der Waals surface area contributed by atoms with Crippen LogP contribution in [0.3, 0.4) is 0 Å². The average molecular weight is 283 g/mol. The highest BCUT2D eigenvalue weighted by molar-refractivity contribution is 7.80. The molecule has 19 heavy (non-hydrogen) atoms. The van der Waals surface area contributed by atoms with Crippen LogP contribution in [0.25, 0.3) is 0 Å². The summed E-state index contributed by atoms with van der Waals surface area (Å²) in [4.78, 5) is 12.1. The maximum absolute atomic E-state index is 12.1. The minimum atomic E-state index is 0.000376. The van der Waals surface area contributed by atoms with Gasteiger partial charge in [0.15, 0.2) is 5.11 Å². The lowest BCUT2D eigenvalue weighted by Gasteiger charge is -2.14. The highest BCUT2D eigenvalue weighted by atomic mass is 32.1. The summed E-state index contributed by atoms with van der Waals surface area (Å²) in [5.74, 6) is 0.322. The van der Waals surface area contributed by atoms with Crippen molar-refractivity contribution in [1.29, 1.82) is 0 Å². The van der Waals surface area contributed by atoms with Gasteiger partial charge in [-0.3, -0.25) is 15.6 Å². The largest absolute Gasteiger partial charge is 0.359 e. The molecule has 0 bridgehead atoms. The van der Waals surface area contributed by atoms with Gasteiger partial charge in [0.1, 0.15) is 0 Å². The van der Waals surface area contributed by atoms with Gasteiger partial charge < -0.3 is 5.32 Å². The Kier molecular flexibility index (Phi) is 4.96. The minimum Gasteiger partial charge on any atom is -0.359 e. The van der Waals surface area contributed by atoms with Gasteiger partial charge in [-0.05, 0) is 51.2 Å². The van der Waals surface area contributed by atoms with Gasteiger partial charge in [-0.1, -0.05) is 25.5 Å². The van der Waals surface area contributed by atoms with Crippen LogP contribution < -0.4 is 16.2 Å². The van der Waals surface area contributed by atoms with Gasteiger partial charge in [0.25, 0.3) is 0 Å². The maximum Gasteiger partial charge on any atom is 0.242 e. The molecule has 0 spiro atoms. The number of hydrogen-bond donors (Lipinski definition) is 3. The van der Waals surface area contributed by atoms with Gasteiger partial charge in [0, 0.05) is 6.04 Å². The number of hydrogen-bond acceptors (Lipinski definition) is 2. The van der Waals surface area contributed by atoms with Gasteiger partial charge in [-0.2, -0.15) is 0 Å². The molecule has 3 N–H and O–H groups in total. The molecular formula is C14H25N3OS. The normalized spacial score (nSPS) is 23.5. The topological polar surface area (TPSA) is 53.2 Å². The number of rotatable bonds is 3. The highest BCUT2D eigenvalue weighted by Gasteiger charge is 2.60. The molecule has 0 heterocycles. The van der Waals surface area contributed by atoms with Crippen molar-refractivity contribution in [2.24, 2.45) is 17.3 Å². The first-order valence-corrected chi connectivity index (χ1v) is 7.08. The summed E-state index contributed by atoms with van der Waals surface area (Å²) < 4.78 is 0. The van der Waals surface area contributed by atoms with Crippen molar-refractivity contribution in [2.75, 3.05) is 0 Å². The molecule has 1 rings (SSSR count). The molecule has 0 aromatic rings. The molecule has 4 nitrogen and oxygen atoms in total. The number of carbonyl (C=O) groups is 1. The molecule has 5 heteroatoms. The molecule has 0 aromatic heterocycles. The fourth-order valence-corrected chi connectivity index (χ4v) is 2.63. The van der Waals surface area contributed by atoms with Crippen LogP contribution in [0.15, 0.2) is 11.6 Å². The van der Waals surface area contributed by atoms with Crippen molar-refractivity contribution in [1.82, 2.24) is 16.2 Å². The second-order valence-corrected chi connectivity index (χ2v) is 6.72. The quantitative estimate of drug-likeness (QED) is 0.422. The Morgan fingerprint density at radius 3 is 2.32 bits per heavy atom. The van der Waals surface area contributed by atoms with Gasteiger partial charge in [0.05, 0.1) is 5.92 Å². The van der Waals surface area contributed by atoms with Crippen LogP contribution in [-0.2, 0) is 4.79 Å². The molecule has 0 aliphatic heterocycles. The molecular weight excluding hydrogens is 258 g/mol. The summed E-state index contributed by atoms with van der Waals surface area (Å²) in [6.07, 6.45) is 2.18. The second kappa shape index (κ2) is 5.90. The van der Waals surface area contributed by atoms with Crippen molar-refractivity contribution >= 4 is 23.2 Å². The van der Waals surface area contributed by atoms with E-state index in [1.54, 1.807) is 0 Å². The predicted molar refractivity (Wildman–Crippen MR) is 82.3 cm³/mol. The van der Waals surface area contributed by atoms with E-state index in [1.807, 2.05) is 13.8 Å². The van der Waals surface area contributed by atoms with Crippen molar-refractivity contribution < 1.29 is 4.79 Å². The monoisotopic (exact) mass is 283 g/mol. The fraction of sp³-hybridized carbons (Fsp3) is 0.714. The Morgan fingerprint density at radius 1 is 1.26 bits per heavy atom. The Bertz CT molecular complexity index is 397. The third-order valence-corrected chi connectivity index (χ3v) is 3.64. The van der Waals surface area contributed by atoms with Crippen LogP contribution in [0, 0.1) is 17.3 Å². The van der Waals surface area contributed by atoms with E-state index in [0.29, 0.717) is 11.0 Å². The zero-order valence-electron chi connectivity index (χ0n) is 12.6. The third kappa shape index (κ3) is 4.20. The van der Waals surface area contributed by atoms with Gasteiger partial charge in [-0.15, -0.1) is 0 Å². The van der Waals surface area contributed by atoms with Crippen LogP contribution in [0.5, 0.6) is 0 Å². The van der Waals surface area contributed by atoms with E-state index in [9.17, 15) is 4.79 Å². The van der Waals surface area contributed by atoms with E-state index in [1.165, 1.54) is 5.57 Å². The first kappa shape index (κ1) is 16.0. The Hall–Kier alpha value is -1.10. The first-order chi connectivity index (χ1) is 8.66. The number of hydrazine groups is 1. The van der Waals surface area contributed by atoms with Crippen LogP contribution in [-0.4, -0.2) is 17.1 Å². The van der Waals surface area contributed by atoms with Crippen LogP contribution in [0.2, 0.25) is 0 Å². The molecule has 2 unspecified atom stereocenters. The molecule has 0 radical (unpaired) electrons. The van der Waals surface area contributed by atoms with Crippen LogP contribution in [0.4, 0.5) is 0 Å². The summed E-state index contributed by atoms with van der Waals surface area (Å²) in [6, 6.07) is 0.243. The Labute approximate surface area is 121 Å². The van der Waals surface area contributed by atoms with Crippen LogP contribution in [0.1, 0.15) is 41.5 Å². The van der Waals surface area contributed by atoms with Crippen LogP contribution >= 0.6 is 12.2 Å². The first-order valence-electron chi connectivity index (χ1n) is 6.67. The van der Waals surface area contributed by atoms with Gasteiger partial charge in [-0.25, -0.2) is 0 Å². The van der Waals surface area contributed by atoms with E-state index in [0.717, 1.165) is 0 Å². The average Bonchev–Trinajstić information content (AvgIpc) is 2.75.